The van der Waals surface area contributed by atoms with Crippen molar-refractivity contribution >= 4 is 28.2 Å². The molecule has 0 aromatic carbocycles. The van der Waals surface area contributed by atoms with E-state index in [-0.39, 0.29) is 30.3 Å². The number of aliphatic hydroxyl groups excluding tert-OH is 1. The molecule has 4 N–H and O–H groups in total. The van der Waals surface area contributed by atoms with E-state index < -0.39 is 0 Å². The average molecular weight is 272 g/mol. The van der Waals surface area contributed by atoms with Crippen LogP contribution in [-0.4, -0.2) is 42.7 Å². The standard InChI is InChI=1S/C11H20N4O2S/c1-6(5-16)7(2)13-10(17)8-9(12)14-11(18-8)15(3)4/h6-7,16H,5,12H2,1-4H3,(H,13,17). The van der Waals surface area contributed by atoms with Crippen molar-refractivity contribution in [1.29, 1.82) is 0 Å². The minimum absolute atomic E-state index is 0.00332. The highest BCUT2D eigenvalue weighted by atomic mass is 32.1. The molecule has 0 aliphatic rings. The number of hydrogen-bond donors (Lipinski definition) is 3. The summed E-state index contributed by atoms with van der Waals surface area (Å²) in [5.74, 6) is -0.00707. The second kappa shape index (κ2) is 6.01. The molecule has 0 aliphatic heterocycles. The van der Waals surface area contributed by atoms with E-state index in [2.05, 4.69) is 10.3 Å². The predicted molar refractivity (Wildman–Crippen MR) is 74.0 cm³/mol. The number of nitrogen functional groups attached to an aromatic ring is 1. The van der Waals surface area contributed by atoms with Crippen molar-refractivity contribution in [3.05, 3.63) is 4.88 Å². The second-order valence-corrected chi connectivity index (χ2v) is 5.50. The van der Waals surface area contributed by atoms with Gasteiger partial charge in [0, 0.05) is 26.7 Å². The highest BCUT2D eigenvalue weighted by molar-refractivity contribution is 7.18. The van der Waals surface area contributed by atoms with Crippen LogP contribution in [0.25, 0.3) is 0 Å². The van der Waals surface area contributed by atoms with Crippen LogP contribution in [0.15, 0.2) is 0 Å². The van der Waals surface area contributed by atoms with Crippen LogP contribution in [0.1, 0.15) is 23.5 Å². The minimum atomic E-state index is -0.245. The van der Waals surface area contributed by atoms with E-state index in [9.17, 15) is 4.79 Å². The fourth-order valence-electron chi connectivity index (χ4n) is 1.25. The molecule has 0 saturated carbocycles. The maximum Gasteiger partial charge on any atom is 0.265 e. The van der Waals surface area contributed by atoms with E-state index in [0.717, 1.165) is 0 Å². The number of amides is 1. The normalized spacial score (nSPS) is 14.1. The maximum absolute atomic E-state index is 12.0. The summed E-state index contributed by atoms with van der Waals surface area (Å²) in [6.45, 7) is 3.75. The third-order valence-electron chi connectivity index (χ3n) is 2.73. The van der Waals surface area contributed by atoms with Crippen molar-refractivity contribution in [1.82, 2.24) is 10.3 Å². The van der Waals surface area contributed by atoms with Gasteiger partial charge in [-0.1, -0.05) is 18.3 Å². The second-order valence-electron chi connectivity index (χ2n) is 4.53. The van der Waals surface area contributed by atoms with Gasteiger partial charge in [-0.15, -0.1) is 0 Å². The van der Waals surface area contributed by atoms with E-state index >= 15 is 0 Å². The smallest absolute Gasteiger partial charge is 0.265 e. The molecule has 2 unspecified atom stereocenters. The number of carbonyl (C=O) groups excluding carboxylic acids is 1. The lowest BCUT2D eigenvalue weighted by atomic mass is 10.1. The monoisotopic (exact) mass is 272 g/mol. The molecular formula is C11H20N4O2S. The first-order chi connectivity index (χ1) is 8.36. The number of aromatic nitrogens is 1. The zero-order valence-corrected chi connectivity index (χ0v) is 11.9. The summed E-state index contributed by atoms with van der Waals surface area (Å²) >= 11 is 1.25. The Morgan fingerprint density at radius 1 is 1.56 bits per heavy atom. The Bertz CT molecular complexity index is 419. The SMILES string of the molecule is CC(CO)C(C)NC(=O)c1sc(N(C)C)nc1N. The molecule has 0 bridgehead atoms. The summed E-state index contributed by atoms with van der Waals surface area (Å²) in [5.41, 5.74) is 5.73. The fraction of sp³-hybridized carbons (Fsp3) is 0.636. The summed E-state index contributed by atoms with van der Waals surface area (Å²) < 4.78 is 0. The molecule has 1 aromatic rings. The number of rotatable bonds is 5. The lowest BCUT2D eigenvalue weighted by molar-refractivity contribution is 0.0921. The van der Waals surface area contributed by atoms with Crippen LogP contribution in [0.5, 0.6) is 0 Å². The minimum Gasteiger partial charge on any atom is -0.396 e. The van der Waals surface area contributed by atoms with E-state index in [1.165, 1.54) is 11.3 Å². The highest BCUT2D eigenvalue weighted by Gasteiger charge is 2.20. The predicted octanol–water partition coefficient (Wildman–Crippen LogP) is 0.538. The zero-order chi connectivity index (χ0) is 13.9. The van der Waals surface area contributed by atoms with Crippen LogP contribution < -0.4 is 16.0 Å². The molecule has 0 radical (unpaired) electrons. The molecular weight excluding hydrogens is 252 g/mol. The highest BCUT2D eigenvalue weighted by Crippen LogP contribution is 2.26. The molecule has 6 nitrogen and oxygen atoms in total. The molecule has 18 heavy (non-hydrogen) atoms. The Labute approximate surface area is 111 Å². The van der Waals surface area contributed by atoms with Gasteiger partial charge in [0.05, 0.1) is 0 Å². The van der Waals surface area contributed by atoms with E-state index in [0.29, 0.717) is 10.0 Å². The summed E-state index contributed by atoms with van der Waals surface area (Å²) in [7, 11) is 3.69. The Balaban J connectivity index is 2.78. The molecule has 102 valence electrons. The first-order valence-electron chi connectivity index (χ1n) is 5.72. The third kappa shape index (κ3) is 3.33. The van der Waals surface area contributed by atoms with Crippen LogP contribution in [0.3, 0.4) is 0 Å². The van der Waals surface area contributed by atoms with Crippen molar-refractivity contribution < 1.29 is 9.90 Å². The Morgan fingerprint density at radius 2 is 2.17 bits per heavy atom. The quantitative estimate of drug-likeness (QED) is 0.727. The summed E-state index contributed by atoms with van der Waals surface area (Å²) in [6.07, 6.45) is 0. The summed E-state index contributed by atoms with van der Waals surface area (Å²) in [5, 5.41) is 12.5. The van der Waals surface area contributed by atoms with Gasteiger partial charge in [0.2, 0.25) is 0 Å². The summed E-state index contributed by atoms with van der Waals surface area (Å²) in [6, 6.07) is -0.119. The van der Waals surface area contributed by atoms with Crippen LogP contribution >= 0.6 is 11.3 Å². The van der Waals surface area contributed by atoms with Gasteiger partial charge in [-0.2, -0.15) is 0 Å². The van der Waals surface area contributed by atoms with Crippen LogP contribution in [-0.2, 0) is 0 Å². The first kappa shape index (κ1) is 14.7. The molecule has 7 heteroatoms. The van der Waals surface area contributed by atoms with Gasteiger partial charge in [-0.05, 0) is 12.8 Å². The first-order valence-corrected chi connectivity index (χ1v) is 6.53. The number of nitrogens with one attached hydrogen (secondary N) is 1. The van der Waals surface area contributed by atoms with Crippen LogP contribution in [0.4, 0.5) is 10.9 Å². The molecule has 0 spiro atoms. The van der Waals surface area contributed by atoms with Gasteiger partial charge in [0.25, 0.3) is 5.91 Å². The lowest BCUT2D eigenvalue weighted by Crippen LogP contribution is -2.38. The summed E-state index contributed by atoms with van der Waals surface area (Å²) in [4.78, 5) is 18.3. The van der Waals surface area contributed by atoms with Crippen molar-refractivity contribution in [2.75, 3.05) is 31.3 Å². The Morgan fingerprint density at radius 3 is 2.61 bits per heavy atom. The molecule has 1 amide bonds. The topological polar surface area (TPSA) is 91.5 Å². The van der Waals surface area contributed by atoms with Crippen molar-refractivity contribution in [2.45, 2.75) is 19.9 Å². The number of nitrogens with two attached hydrogens (primary N) is 1. The van der Waals surface area contributed by atoms with Crippen molar-refractivity contribution in [3.63, 3.8) is 0 Å². The van der Waals surface area contributed by atoms with E-state index in [4.69, 9.17) is 10.8 Å². The number of carbonyl (C=O) groups is 1. The Hall–Kier alpha value is -1.34. The number of nitrogens with zero attached hydrogens (tertiary/aromatic N) is 2. The molecule has 1 rings (SSSR count). The van der Waals surface area contributed by atoms with Gasteiger partial charge < -0.3 is 21.1 Å². The molecule has 1 heterocycles. The molecule has 0 aliphatic carbocycles. The number of anilines is 2. The number of thiazole rings is 1. The fourth-order valence-corrected chi connectivity index (χ4v) is 2.06. The van der Waals surface area contributed by atoms with E-state index in [1.54, 1.807) is 4.90 Å². The van der Waals surface area contributed by atoms with E-state index in [1.807, 2.05) is 27.9 Å². The molecule has 2 atom stereocenters. The molecule has 0 saturated heterocycles. The van der Waals surface area contributed by atoms with Gasteiger partial charge in [-0.3, -0.25) is 4.79 Å². The maximum atomic E-state index is 12.0. The van der Waals surface area contributed by atoms with Crippen LogP contribution in [0.2, 0.25) is 0 Å². The Kier molecular flexibility index (Phi) is 4.92. The zero-order valence-electron chi connectivity index (χ0n) is 11.1. The molecule has 1 aromatic heterocycles. The van der Waals surface area contributed by atoms with Crippen molar-refractivity contribution in [2.24, 2.45) is 5.92 Å². The van der Waals surface area contributed by atoms with Gasteiger partial charge in [-0.25, -0.2) is 4.98 Å². The largest absolute Gasteiger partial charge is 0.396 e. The average Bonchev–Trinajstić information content (AvgIpc) is 2.70. The van der Waals surface area contributed by atoms with Crippen LogP contribution in [0, 0.1) is 5.92 Å². The number of hydrogen-bond acceptors (Lipinski definition) is 6. The lowest BCUT2D eigenvalue weighted by Gasteiger charge is -2.18. The number of aliphatic hydroxyl groups is 1. The van der Waals surface area contributed by atoms with Gasteiger partial charge in [0.1, 0.15) is 10.7 Å². The van der Waals surface area contributed by atoms with Gasteiger partial charge >= 0.3 is 0 Å². The molecule has 0 fully saturated rings. The third-order valence-corrected chi connectivity index (χ3v) is 3.97. The van der Waals surface area contributed by atoms with Gasteiger partial charge in [0.15, 0.2) is 5.13 Å². The van der Waals surface area contributed by atoms with Crippen molar-refractivity contribution in [3.8, 4) is 0 Å².